The van der Waals surface area contributed by atoms with E-state index in [1.165, 1.54) is 23.5 Å². The minimum atomic E-state index is -3.87. The first-order chi connectivity index (χ1) is 19.4. The van der Waals surface area contributed by atoms with E-state index in [1.54, 1.807) is 23.5 Å². The molecule has 0 spiro atoms. The van der Waals surface area contributed by atoms with E-state index in [0.717, 1.165) is 28.5 Å². The molecule has 1 amide bonds. The molecule has 214 valence electrons. The number of nitrogens with zero attached hydrogens (tertiary/aromatic N) is 1. The number of amides is 1. The normalized spacial score (nSPS) is 19.3. The first kappa shape index (κ1) is 28.6. The Labute approximate surface area is 238 Å². The monoisotopic (exact) mass is 586 g/mol. The average Bonchev–Trinajstić information content (AvgIpc) is 3.71. The van der Waals surface area contributed by atoms with Crippen molar-refractivity contribution in [1.82, 2.24) is 9.62 Å². The van der Waals surface area contributed by atoms with Gasteiger partial charge < -0.3 is 24.6 Å². The van der Waals surface area contributed by atoms with Crippen LogP contribution in [0.4, 0.5) is 0 Å². The van der Waals surface area contributed by atoms with E-state index in [2.05, 4.69) is 22.8 Å². The molecular formula is C29H34N2O7S2. The van der Waals surface area contributed by atoms with Gasteiger partial charge in [-0.3, -0.25) is 4.79 Å². The van der Waals surface area contributed by atoms with Crippen molar-refractivity contribution in [2.24, 2.45) is 5.92 Å². The number of sulfonamides is 1. The van der Waals surface area contributed by atoms with Gasteiger partial charge in [0.05, 0.1) is 25.2 Å². The summed E-state index contributed by atoms with van der Waals surface area (Å²) in [7, 11) is -2.36. The van der Waals surface area contributed by atoms with Crippen molar-refractivity contribution < 1.29 is 32.5 Å². The van der Waals surface area contributed by atoms with Crippen molar-refractivity contribution >= 4 is 37.4 Å². The first-order valence-corrected chi connectivity index (χ1v) is 15.7. The fraction of sp³-hybridized carbons (Fsp3) is 0.414. The molecule has 1 saturated carbocycles. The Kier molecular flexibility index (Phi) is 9.07. The number of methoxy groups -OCH3 is 1. The lowest BCUT2D eigenvalue weighted by atomic mass is 9.92. The number of carbonyl (C=O) groups excluding carboxylic acids is 1. The second-order valence-electron chi connectivity index (χ2n) is 9.94. The van der Waals surface area contributed by atoms with Crippen molar-refractivity contribution in [2.45, 2.75) is 36.4 Å². The zero-order valence-corrected chi connectivity index (χ0v) is 24.0. The van der Waals surface area contributed by atoms with Gasteiger partial charge in [0.1, 0.15) is 5.75 Å². The SMILES string of the molecule is COc1ccc(S(=O)(=O)N(CCO)CCO[C@@H]2C[C@H](c3csc4ccccc34)C=C(C(=O)NCC3CC3)O2)cc1. The molecular weight excluding hydrogens is 552 g/mol. The summed E-state index contributed by atoms with van der Waals surface area (Å²) in [5.41, 5.74) is 1.11. The minimum absolute atomic E-state index is 0.00769. The predicted octanol–water partition coefficient (Wildman–Crippen LogP) is 3.85. The number of aliphatic hydroxyl groups is 1. The molecule has 2 aromatic carbocycles. The number of hydrogen-bond donors (Lipinski definition) is 2. The van der Waals surface area contributed by atoms with E-state index in [9.17, 15) is 18.3 Å². The molecule has 9 nitrogen and oxygen atoms in total. The van der Waals surface area contributed by atoms with Gasteiger partial charge in [-0.05, 0) is 71.5 Å². The van der Waals surface area contributed by atoms with Crippen LogP contribution in [0.15, 0.2) is 70.6 Å². The van der Waals surface area contributed by atoms with Crippen LogP contribution in [0, 0.1) is 5.92 Å². The molecule has 1 aliphatic heterocycles. The maximum atomic E-state index is 13.2. The zero-order valence-electron chi connectivity index (χ0n) is 22.3. The first-order valence-electron chi connectivity index (χ1n) is 13.4. The van der Waals surface area contributed by atoms with Crippen LogP contribution >= 0.6 is 11.3 Å². The van der Waals surface area contributed by atoms with Crippen molar-refractivity contribution in [1.29, 1.82) is 0 Å². The Morgan fingerprint density at radius 2 is 1.93 bits per heavy atom. The van der Waals surface area contributed by atoms with Crippen LogP contribution in [0.25, 0.3) is 10.1 Å². The maximum Gasteiger partial charge on any atom is 0.286 e. The van der Waals surface area contributed by atoms with E-state index in [1.807, 2.05) is 18.2 Å². The van der Waals surface area contributed by atoms with Crippen molar-refractivity contribution in [3.05, 3.63) is 71.3 Å². The lowest BCUT2D eigenvalue weighted by Crippen LogP contribution is -2.38. The van der Waals surface area contributed by atoms with Gasteiger partial charge >= 0.3 is 0 Å². The van der Waals surface area contributed by atoms with Gasteiger partial charge in [0, 0.05) is 36.7 Å². The Hall–Kier alpha value is -2.96. The number of nitrogens with one attached hydrogen (secondary N) is 1. The molecule has 2 N–H and O–H groups in total. The third-order valence-corrected chi connectivity index (χ3v) is 10.0. The van der Waals surface area contributed by atoms with Gasteiger partial charge in [-0.2, -0.15) is 4.31 Å². The number of hydrogen-bond acceptors (Lipinski definition) is 8. The van der Waals surface area contributed by atoms with Crippen LogP contribution < -0.4 is 10.1 Å². The highest BCUT2D eigenvalue weighted by Gasteiger charge is 2.32. The van der Waals surface area contributed by atoms with Gasteiger partial charge in [-0.25, -0.2) is 8.42 Å². The summed E-state index contributed by atoms with van der Waals surface area (Å²) in [4.78, 5) is 13.1. The van der Waals surface area contributed by atoms with Gasteiger partial charge in [0.25, 0.3) is 5.91 Å². The summed E-state index contributed by atoms with van der Waals surface area (Å²) in [6, 6.07) is 14.2. The van der Waals surface area contributed by atoms with Crippen molar-refractivity contribution in [2.75, 3.05) is 40.0 Å². The number of thiophene rings is 1. The lowest BCUT2D eigenvalue weighted by Gasteiger charge is -2.30. The second kappa shape index (κ2) is 12.7. The summed E-state index contributed by atoms with van der Waals surface area (Å²) >= 11 is 1.65. The Morgan fingerprint density at radius 1 is 1.15 bits per heavy atom. The highest BCUT2D eigenvalue weighted by Crippen LogP contribution is 2.38. The molecule has 2 atom stereocenters. The van der Waals surface area contributed by atoms with Gasteiger partial charge in [-0.15, -0.1) is 11.3 Å². The summed E-state index contributed by atoms with van der Waals surface area (Å²) < 4.78 is 46.0. The number of rotatable bonds is 13. The predicted molar refractivity (Wildman–Crippen MR) is 153 cm³/mol. The molecule has 3 aromatic rings. The number of carbonyl (C=O) groups is 1. The van der Waals surface area contributed by atoms with Gasteiger partial charge in [0.2, 0.25) is 16.3 Å². The average molecular weight is 587 g/mol. The quantitative estimate of drug-likeness (QED) is 0.313. The van der Waals surface area contributed by atoms with Crippen LogP contribution in [0.5, 0.6) is 5.75 Å². The fourth-order valence-corrected chi connectivity index (χ4v) is 7.15. The zero-order chi connectivity index (χ0) is 28.1. The van der Waals surface area contributed by atoms with E-state index >= 15 is 0 Å². The summed E-state index contributed by atoms with van der Waals surface area (Å²) in [5, 5.41) is 15.8. The minimum Gasteiger partial charge on any atom is -0.497 e. The number of benzene rings is 2. The fourth-order valence-electron chi connectivity index (χ4n) is 4.71. The largest absolute Gasteiger partial charge is 0.497 e. The molecule has 0 unspecified atom stereocenters. The Bertz CT molecular complexity index is 1450. The third-order valence-electron chi connectivity index (χ3n) is 7.13. The molecule has 0 radical (unpaired) electrons. The number of fused-ring (bicyclic) bond motifs is 1. The standard InChI is InChI=1S/C29H34N2O7S2/c1-36-22-8-10-23(11-9-22)40(34,35)31(12-14-32)13-15-37-28-17-21(25-19-39-27-5-3-2-4-24(25)27)16-26(38-28)29(33)30-18-20-6-7-20/h2-5,8-11,16,19-21,28,32H,6-7,12-15,17-18H2,1H3,(H,30,33)/t21-,28+/m1/s1. The molecule has 1 aliphatic carbocycles. The van der Waals surface area contributed by atoms with Crippen LogP contribution in [0.1, 0.15) is 30.7 Å². The molecule has 2 aliphatic rings. The summed E-state index contributed by atoms with van der Waals surface area (Å²) in [6.07, 6.45) is 3.85. The number of aliphatic hydroxyl groups excluding tert-OH is 1. The molecule has 2 heterocycles. The molecule has 1 aromatic heterocycles. The highest BCUT2D eigenvalue weighted by molar-refractivity contribution is 7.89. The summed E-state index contributed by atoms with van der Waals surface area (Å²) in [5.74, 6) is 0.919. The van der Waals surface area contributed by atoms with Crippen LogP contribution in [-0.2, 0) is 24.3 Å². The molecule has 40 heavy (non-hydrogen) atoms. The topological polar surface area (TPSA) is 114 Å². The van der Waals surface area contributed by atoms with E-state index in [0.29, 0.717) is 24.6 Å². The Morgan fingerprint density at radius 3 is 2.65 bits per heavy atom. The van der Waals surface area contributed by atoms with Crippen LogP contribution in [0.2, 0.25) is 0 Å². The lowest BCUT2D eigenvalue weighted by molar-refractivity contribution is -0.146. The van der Waals surface area contributed by atoms with Crippen LogP contribution in [-0.4, -0.2) is 70.0 Å². The van der Waals surface area contributed by atoms with E-state index in [4.69, 9.17) is 14.2 Å². The molecule has 5 rings (SSSR count). The van der Waals surface area contributed by atoms with Crippen molar-refractivity contribution in [3.63, 3.8) is 0 Å². The molecule has 1 fully saturated rings. The van der Waals surface area contributed by atoms with Gasteiger partial charge in [-0.1, -0.05) is 18.2 Å². The Balaban J connectivity index is 1.29. The summed E-state index contributed by atoms with van der Waals surface area (Å²) in [6.45, 7) is 0.233. The number of ether oxygens (including phenoxy) is 3. The second-order valence-corrected chi connectivity index (χ2v) is 12.8. The third kappa shape index (κ3) is 6.67. The molecule has 11 heteroatoms. The number of allylic oxidation sites excluding steroid dienone is 1. The van der Waals surface area contributed by atoms with Crippen molar-refractivity contribution in [3.8, 4) is 5.75 Å². The smallest absolute Gasteiger partial charge is 0.286 e. The van der Waals surface area contributed by atoms with Crippen LogP contribution in [0.3, 0.4) is 0 Å². The molecule has 0 bridgehead atoms. The molecule has 0 saturated heterocycles. The highest BCUT2D eigenvalue weighted by atomic mass is 32.2. The van der Waals surface area contributed by atoms with E-state index in [-0.39, 0.29) is 48.8 Å². The maximum absolute atomic E-state index is 13.2. The van der Waals surface area contributed by atoms with E-state index < -0.39 is 16.3 Å². The van der Waals surface area contributed by atoms with Gasteiger partial charge in [0.15, 0.2) is 5.76 Å².